The molecule has 5 heteroatoms. The largest absolute Gasteiger partial charge is 0.506 e. The molecule has 110 valence electrons. The number of methoxy groups -OCH3 is 1. The summed E-state index contributed by atoms with van der Waals surface area (Å²) in [6, 6.07) is 12.0. The summed E-state index contributed by atoms with van der Waals surface area (Å²) < 4.78 is 5.16. The number of phenols is 1. The number of amides is 1. The molecule has 0 bridgehead atoms. The van der Waals surface area contributed by atoms with Crippen molar-refractivity contribution in [3.8, 4) is 11.5 Å². The number of phenolic OH excluding ortho intramolecular Hbond substituents is 1. The zero-order chi connectivity index (χ0) is 15.4. The summed E-state index contributed by atoms with van der Waals surface area (Å²) in [5.74, 6) is 0.546. The first-order valence-electron chi connectivity index (χ1n) is 6.38. The van der Waals surface area contributed by atoms with E-state index in [0.29, 0.717) is 12.1 Å². The first-order valence-corrected chi connectivity index (χ1v) is 6.76. The standard InChI is InChI=1S/C16H16ClNO3/c1-18(10-11-4-3-5-13(8-11)21-2)16(20)12-6-7-15(19)14(17)9-12/h3-9,19H,10H2,1-2H3. The lowest BCUT2D eigenvalue weighted by atomic mass is 10.1. The maximum absolute atomic E-state index is 12.3. The first kappa shape index (κ1) is 15.2. The van der Waals surface area contributed by atoms with Gasteiger partial charge in [0.2, 0.25) is 0 Å². The van der Waals surface area contributed by atoms with Gasteiger partial charge in [0, 0.05) is 19.2 Å². The van der Waals surface area contributed by atoms with Crippen molar-refractivity contribution < 1.29 is 14.6 Å². The molecular formula is C16H16ClNO3. The molecule has 2 rings (SSSR count). The second-order valence-corrected chi connectivity index (χ2v) is 5.09. The Morgan fingerprint density at radius 2 is 2.05 bits per heavy atom. The summed E-state index contributed by atoms with van der Waals surface area (Å²) in [5.41, 5.74) is 1.40. The predicted octanol–water partition coefficient (Wildman–Crippen LogP) is 3.33. The molecule has 0 unspecified atom stereocenters. The molecule has 0 saturated heterocycles. The highest BCUT2D eigenvalue weighted by Gasteiger charge is 2.13. The van der Waals surface area contributed by atoms with Gasteiger partial charge in [-0.1, -0.05) is 23.7 Å². The third-order valence-corrected chi connectivity index (χ3v) is 3.40. The fraction of sp³-hybridized carbons (Fsp3) is 0.188. The van der Waals surface area contributed by atoms with E-state index in [1.165, 1.54) is 12.1 Å². The molecule has 0 aliphatic heterocycles. The molecule has 0 aliphatic rings. The quantitative estimate of drug-likeness (QED) is 0.942. The van der Waals surface area contributed by atoms with Crippen LogP contribution in [0.1, 0.15) is 15.9 Å². The third-order valence-electron chi connectivity index (χ3n) is 3.10. The Labute approximate surface area is 128 Å². The van der Waals surface area contributed by atoms with Gasteiger partial charge in [-0.25, -0.2) is 0 Å². The van der Waals surface area contributed by atoms with Gasteiger partial charge in [-0.15, -0.1) is 0 Å². The molecule has 0 atom stereocenters. The maximum atomic E-state index is 12.3. The van der Waals surface area contributed by atoms with Gasteiger partial charge in [-0.05, 0) is 35.9 Å². The summed E-state index contributed by atoms with van der Waals surface area (Å²) in [5, 5.41) is 9.55. The molecule has 0 fully saturated rings. The smallest absolute Gasteiger partial charge is 0.253 e. The van der Waals surface area contributed by atoms with E-state index in [-0.39, 0.29) is 16.7 Å². The Bertz CT molecular complexity index is 658. The van der Waals surface area contributed by atoms with E-state index in [1.807, 2.05) is 24.3 Å². The summed E-state index contributed by atoms with van der Waals surface area (Å²) in [7, 11) is 3.31. The van der Waals surface area contributed by atoms with Crippen LogP contribution in [-0.4, -0.2) is 30.1 Å². The van der Waals surface area contributed by atoms with Crippen molar-refractivity contribution in [3.63, 3.8) is 0 Å². The van der Waals surface area contributed by atoms with Gasteiger partial charge < -0.3 is 14.7 Å². The molecule has 0 saturated carbocycles. The molecular weight excluding hydrogens is 290 g/mol. The van der Waals surface area contributed by atoms with Crippen LogP contribution in [0.15, 0.2) is 42.5 Å². The third kappa shape index (κ3) is 3.67. The lowest BCUT2D eigenvalue weighted by Crippen LogP contribution is -2.26. The Morgan fingerprint density at radius 1 is 1.29 bits per heavy atom. The number of carbonyl (C=O) groups is 1. The molecule has 0 aliphatic carbocycles. The summed E-state index contributed by atoms with van der Waals surface area (Å²) >= 11 is 5.83. The van der Waals surface area contributed by atoms with Gasteiger partial charge in [0.1, 0.15) is 11.5 Å². The number of nitrogens with zero attached hydrogens (tertiary/aromatic N) is 1. The molecule has 0 aromatic heterocycles. The van der Waals surface area contributed by atoms with Gasteiger partial charge in [-0.2, -0.15) is 0 Å². The number of benzene rings is 2. The number of rotatable bonds is 4. The lowest BCUT2D eigenvalue weighted by molar-refractivity contribution is 0.0785. The molecule has 0 spiro atoms. The van der Waals surface area contributed by atoms with Crippen molar-refractivity contribution in [3.05, 3.63) is 58.6 Å². The molecule has 2 aromatic rings. The van der Waals surface area contributed by atoms with E-state index in [0.717, 1.165) is 11.3 Å². The minimum atomic E-state index is -0.167. The van der Waals surface area contributed by atoms with E-state index < -0.39 is 0 Å². The molecule has 4 nitrogen and oxygen atoms in total. The van der Waals surface area contributed by atoms with E-state index >= 15 is 0 Å². The zero-order valence-corrected chi connectivity index (χ0v) is 12.6. The van der Waals surface area contributed by atoms with E-state index in [4.69, 9.17) is 16.3 Å². The van der Waals surface area contributed by atoms with Crippen molar-refractivity contribution >= 4 is 17.5 Å². The fourth-order valence-corrected chi connectivity index (χ4v) is 2.16. The van der Waals surface area contributed by atoms with Gasteiger partial charge >= 0.3 is 0 Å². The molecule has 0 heterocycles. The lowest BCUT2D eigenvalue weighted by Gasteiger charge is -2.18. The second-order valence-electron chi connectivity index (χ2n) is 4.68. The van der Waals surface area contributed by atoms with Gasteiger partial charge in [0.05, 0.1) is 12.1 Å². The minimum absolute atomic E-state index is 0.0383. The number of halogens is 1. The van der Waals surface area contributed by atoms with Crippen molar-refractivity contribution in [1.82, 2.24) is 4.90 Å². The molecule has 2 aromatic carbocycles. The summed E-state index contributed by atoms with van der Waals surface area (Å²) in [6.45, 7) is 0.453. The predicted molar refractivity (Wildman–Crippen MR) is 81.9 cm³/mol. The van der Waals surface area contributed by atoms with Crippen molar-refractivity contribution in [2.45, 2.75) is 6.54 Å². The number of carbonyl (C=O) groups excluding carboxylic acids is 1. The maximum Gasteiger partial charge on any atom is 0.253 e. The highest BCUT2D eigenvalue weighted by molar-refractivity contribution is 6.32. The number of aromatic hydroxyl groups is 1. The Morgan fingerprint density at radius 3 is 2.71 bits per heavy atom. The SMILES string of the molecule is COc1cccc(CN(C)C(=O)c2ccc(O)c(Cl)c2)c1. The summed E-state index contributed by atoms with van der Waals surface area (Å²) in [6.07, 6.45) is 0. The molecule has 1 amide bonds. The van der Waals surface area contributed by atoms with Crippen molar-refractivity contribution in [2.24, 2.45) is 0 Å². The highest BCUT2D eigenvalue weighted by Crippen LogP contribution is 2.24. The minimum Gasteiger partial charge on any atom is -0.506 e. The number of hydrogen-bond donors (Lipinski definition) is 1. The average Bonchev–Trinajstić information content (AvgIpc) is 2.49. The van der Waals surface area contributed by atoms with Crippen LogP contribution in [0.4, 0.5) is 0 Å². The molecule has 21 heavy (non-hydrogen) atoms. The topological polar surface area (TPSA) is 49.8 Å². The Hall–Kier alpha value is -2.20. The van der Waals surface area contributed by atoms with Gasteiger partial charge in [-0.3, -0.25) is 4.79 Å². The van der Waals surface area contributed by atoms with E-state index in [1.54, 1.807) is 25.1 Å². The highest BCUT2D eigenvalue weighted by atomic mass is 35.5. The monoisotopic (exact) mass is 305 g/mol. The van der Waals surface area contributed by atoms with E-state index in [2.05, 4.69) is 0 Å². The van der Waals surface area contributed by atoms with Crippen LogP contribution in [0, 0.1) is 0 Å². The van der Waals surface area contributed by atoms with Crippen molar-refractivity contribution in [1.29, 1.82) is 0 Å². The number of ether oxygens (including phenoxy) is 1. The van der Waals surface area contributed by atoms with Crippen LogP contribution >= 0.6 is 11.6 Å². The van der Waals surface area contributed by atoms with Crippen LogP contribution in [0.5, 0.6) is 11.5 Å². The van der Waals surface area contributed by atoms with Crippen LogP contribution in [0.3, 0.4) is 0 Å². The van der Waals surface area contributed by atoms with Gasteiger partial charge in [0.25, 0.3) is 5.91 Å². The van der Waals surface area contributed by atoms with Crippen LogP contribution in [-0.2, 0) is 6.54 Å². The van der Waals surface area contributed by atoms with Gasteiger partial charge in [0.15, 0.2) is 0 Å². The van der Waals surface area contributed by atoms with Crippen LogP contribution in [0.25, 0.3) is 0 Å². The Balaban J connectivity index is 2.13. The Kier molecular flexibility index (Phi) is 4.70. The number of hydrogen-bond acceptors (Lipinski definition) is 3. The normalized spacial score (nSPS) is 10.2. The zero-order valence-electron chi connectivity index (χ0n) is 11.8. The van der Waals surface area contributed by atoms with Crippen LogP contribution in [0.2, 0.25) is 5.02 Å². The second kappa shape index (κ2) is 6.50. The van der Waals surface area contributed by atoms with Crippen LogP contribution < -0.4 is 4.74 Å². The average molecular weight is 306 g/mol. The molecule has 1 N–H and O–H groups in total. The van der Waals surface area contributed by atoms with Crippen molar-refractivity contribution in [2.75, 3.05) is 14.2 Å². The molecule has 0 radical (unpaired) electrons. The first-order chi connectivity index (χ1) is 10.0. The summed E-state index contributed by atoms with van der Waals surface area (Å²) in [4.78, 5) is 13.9. The van der Waals surface area contributed by atoms with E-state index in [9.17, 15) is 9.90 Å². The fourth-order valence-electron chi connectivity index (χ4n) is 1.98.